The fourth-order valence-corrected chi connectivity index (χ4v) is 1.57. The average molecular weight is 218 g/mol. The molecule has 2 N–H and O–H groups in total. The zero-order valence-corrected chi connectivity index (χ0v) is 8.65. The molecule has 5 heteroatoms. The number of rotatable bonds is 2. The van der Waals surface area contributed by atoms with Crippen molar-refractivity contribution < 1.29 is 14.7 Å². The highest BCUT2D eigenvalue weighted by atomic mass is 16.4. The van der Waals surface area contributed by atoms with Crippen molar-refractivity contribution in [2.45, 2.75) is 13.5 Å². The number of nitrogens with zero attached hydrogens (tertiary/aromatic N) is 1. The first-order valence-electron chi connectivity index (χ1n) is 4.76. The number of fused-ring (bicyclic) bond motifs is 1. The van der Waals surface area contributed by atoms with E-state index >= 15 is 0 Å². The van der Waals surface area contributed by atoms with Gasteiger partial charge in [0.2, 0.25) is 0 Å². The number of hydrogen-bond donors (Lipinski definition) is 2. The molecule has 5 nitrogen and oxygen atoms in total. The number of carboxylic acids is 1. The summed E-state index contributed by atoms with van der Waals surface area (Å²) in [7, 11) is 0. The number of pyridine rings is 1. The Morgan fingerprint density at radius 1 is 1.62 bits per heavy atom. The second-order valence-electron chi connectivity index (χ2n) is 3.57. The molecule has 1 amide bonds. The number of carbonyl (C=O) groups excluding carboxylic acids is 1. The Labute approximate surface area is 91.8 Å². The maximum Gasteiger partial charge on any atom is 0.328 e. The lowest BCUT2D eigenvalue weighted by molar-refractivity contribution is -0.131. The van der Waals surface area contributed by atoms with Gasteiger partial charge in [0.15, 0.2) is 0 Å². The number of carboxylic acid groups (broad SMARTS) is 1. The van der Waals surface area contributed by atoms with Gasteiger partial charge in [-0.2, -0.15) is 0 Å². The molecule has 1 aromatic heterocycles. The molecule has 2 heterocycles. The molecule has 0 aliphatic carbocycles. The summed E-state index contributed by atoms with van der Waals surface area (Å²) in [6, 6.07) is 1.67. The molecule has 0 fully saturated rings. The summed E-state index contributed by atoms with van der Waals surface area (Å²) in [5.41, 5.74) is 2.45. The van der Waals surface area contributed by atoms with Crippen LogP contribution in [0.4, 0.5) is 0 Å². The second kappa shape index (κ2) is 3.77. The Kier molecular flexibility index (Phi) is 2.44. The SMILES string of the molecule is C/C(=C\C(=O)O)c1cnc2c(c1)C(=O)NC2. The van der Waals surface area contributed by atoms with E-state index in [2.05, 4.69) is 10.3 Å². The van der Waals surface area contributed by atoms with Gasteiger partial charge >= 0.3 is 5.97 Å². The maximum absolute atomic E-state index is 11.4. The monoisotopic (exact) mass is 218 g/mol. The summed E-state index contributed by atoms with van der Waals surface area (Å²) >= 11 is 0. The number of carbonyl (C=O) groups is 2. The van der Waals surface area contributed by atoms with E-state index in [1.165, 1.54) is 0 Å². The van der Waals surface area contributed by atoms with E-state index in [4.69, 9.17) is 5.11 Å². The van der Waals surface area contributed by atoms with Crippen molar-refractivity contribution in [3.8, 4) is 0 Å². The number of hydrogen-bond acceptors (Lipinski definition) is 3. The van der Waals surface area contributed by atoms with Crippen LogP contribution in [0.2, 0.25) is 0 Å². The van der Waals surface area contributed by atoms with E-state index in [1.54, 1.807) is 19.2 Å². The van der Waals surface area contributed by atoms with Crippen LogP contribution in [0.5, 0.6) is 0 Å². The quantitative estimate of drug-likeness (QED) is 0.720. The van der Waals surface area contributed by atoms with Gasteiger partial charge in [0, 0.05) is 12.3 Å². The number of aliphatic carboxylic acids is 1. The molecule has 0 unspecified atom stereocenters. The number of amides is 1. The number of allylic oxidation sites excluding steroid dienone is 1. The zero-order chi connectivity index (χ0) is 11.7. The Balaban J connectivity index is 2.42. The standard InChI is InChI=1S/C11H10N2O3/c1-6(2-10(14)15)7-3-8-9(12-4-7)5-13-11(8)16/h2-4H,5H2,1H3,(H,13,16)(H,14,15)/b6-2+. The molecule has 2 rings (SSSR count). The first-order valence-corrected chi connectivity index (χ1v) is 4.76. The molecule has 0 atom stereocenters. The normalized spacial score (nSPS) is 14.6. The summed E-state index contributed by atoms with van der Waals surface area (Å²) in [4.78, 5) is 26.0. The van der Waals surface area contributed by atoms with Crippen LogP contribution in [0.3, 0.4) is 0 Å². The topological polar surface area (TPSA) is 79.3 Å². The highest BCUT2D eigenvalue weighted by Gasteiger charge is 2.20. The van der Waals surface area contributed by atoms with Gasteiger partial charge in [0.1, 0.15) is 0 Å². The fraction of sp³-hybridized carbons (Fsp3) is 0.182. The number of nitrogens with one attached hydrogen (secondary N) is 1. The van der Waals surface area contributed by atoms with Crippen LogP contribution in [0, 0.1) is 0 Å². The molecule has 0 bridgehead atoms. The van der Waals surface area contributed by atoms with Crippen molar-refractivity contribution in [1.29, 1.82) is 0 Å². The van der Waals surface area contributed by atoms with Gasteiger partial charge in [0.25, 0.3) is 5.91 Å². The highest BCUT2D eigenvalue weighted by Crippen LogP contribution is 2.19. The van der Waals surface area contributed by atoms with Crippen molar-refractivity contribution >= 4 is 17.4 Å². The smallest absolute Gasteiger partial charge is 0.328 e. The first-order chi connectivity index (χ1) is 7.58. The van der Waals surface area contributed by atoms with Crippen LogP contribution < -0.4 is 5.32 Å². The fourth-order valence-electron chi connectivity index (χ4n) is 1.57. The molecular weight excluding hydrogens is 208 g/mol. The lowest BCUT2D eigenvalue weighted by atomic mass is 10.1. The predicted molar refractivity (Wildman–Crippen MR) is 56.7 cm³/mol. The molecule has 16 heavy (non-hydrogen) atoms. The molecule has 0 saturated carbocycles. The third-order valence-corrected chi connectivity index (χ3v) is 2.43. The van der Waals surface area contributed by atoms with E-state index < -0.39 is 5.97 Å². The van der Waals surface area contributed by atoms with Crippen molar-refractivity contribution in [3.05, 3.63) is 35.2 Å². The summed E-state index contributed by atoms with van der Waals surface area (Å²) in [6.45, 7) is 2.11. The molecule has 1 aromatic rings. The van der Waals surface area contributed by atoms with Gasteiger partial charge < -0.3 is 10.4 Å². The molecule has 0 aromatic carbocycles. The minimum Gasteiger partial charge on any atom is -0.478 e. The minimum absolute atomic E-state index is 0.160. The van der Waals surface area contributed by atoms with Gasteiger partial charge in [-0.25, -0.2) is 4.79 Å². The summed E-state index contributed by atoms with van der Waals surface area (Å²) < 4.78 is 0. The largest absolute Gasteiger partial charge is 0.478 e. The van der Waals surface area contributed by atoms with Crippen molar-refractivity contribution in [2.24, 2.45) is 0 Å². The molecule has 0 saturated heterocycles. The molecule has 1 aliphatic rings. The summed E-state index contributed by atoms with van der Waals surface area (Å²) in [5, 5.41) is 11.3. The molecule has 1 aliphatic heterocycles. The summed E-state index contributed by atoms with van der Waals surface area (Å²) in [5.74, 6) is -1.17. The lowest BCUT2D eigenvalue weighted by Gasteiger charge is -2.02. The van der Waals surface area contributed by atoms with Gasteiger partial charge in [-0.05, 0) is 24.1 Å². The van der Waals surface area contributed by atoms with Crippen LogP contribution in [0.25, 0.3) is 5.57 Å². The Bertz CT molecular complexity index is 506. The molecule has 0 radical (unpaired) electrons. The highest BCUT2D eigenvalue weighted by molar-refractivity contribution is 5.99. The van der Waals surface area contributed by atoms with E-state index in [9.17, 15) is 9.59 Å². The van der Waals surface area contributed by atoms with Gasteiger partial charge in [-0.15, -0.1) is 0 Å². The van der Waals surface area contributed by atoms with Gasteiger partial charge in [0.05, 0.1) is 17.8 Å². The Morgan fingerprint density at radius 2 is 2.38 bits per heavy atom. The Morgan fingerprint density at radius 3 is 3.06 bits per heavy atom. The van der Waals surface area contributed by atoms with Crippen molar-refractivity contribution in [3.63, 3.8) is 0 Å². The van der Waals surface area contributed by atoms with E-state index in [1.807, 2.05) is 0 Å². The number of aromatic nitrogens is 1. The molecule has 82 valence electrons. The van der Waals surface area contributed by atoms with E-state index in [0.29, 0.717) is 28.9 Å². The maximum atomic E-state index is 11.4. The van der Waals surface area contributed by atoms with Crippen molar-refractivity contribution in [1.82, 2.24) is 10.3 Å². The van der Waals surface area contributed by atoms with Gasteiger partial charge in [-0.3, -0.25) is 9.78 Å². The van der Waals surface area contributed by atoms with Crippen LogP contribution in [0.1, 0.15) is 28.5 Å². The average Bonchev–Trinajstić information content (AvgIpc) is 2.59. The molecular formula is C11H10N2O3. The minimum atomic E-state index is -1.01. The van der Waals surface area contributed by atoms with Crippen LogP contribution >= 0.6 is 0 Å². The predicted octanol–water partition coefficient (Wildman–Crippen LogP) is 0.813. The third kappa shape index (κ3) is 1.79. The van der Waals surface area contributed by atoms with E-state index in [-0.39, 0.29) is 5.91 Å². The van der Waals surface area contributed by atoms with E-state index in [0.717, 1.165) is 6.08 Å². The summed E-state index contributed by atoms with van der Waals surface area (Å²) in [6.07, 6.45) is 2.67. The van der Waals surface area contributed by atoms with Crippen LogP contribution in [-0.4, -0.2) is 22.0 Å². The molecule has 0 spiro atoms. The van der Waals surface area contributed by atoms with Crippen LogP contribution in [0.15, 0.2) is 18.3 Å². The first kappa shape index (κ1) is 10.4. The second-order valence-corrected chi connectivity index (χ2v) is 3.57. The zero-order valence-electron chi connectivity index (χ0n) is 8.65. The van der Waals surface area contributed by atoms with Gasteiger partial charge in [-0.1, -0.05) is 0 Å². The third-order valence-electron chi connectivity index (χ3n) is 2.43. The van der Waals surface area contributed by atoms with Crippen LogP contribution in [-0.2, 0) is 11.3 Å². The van der Waals surface area contributed by atoms with Crippen molar-refractivity contribution in [2.75, 3.05) is 0 Å². The lowest BCUT2D eigenvalue weighted by Crippen LogP contribution is -2.12. The Hall–Kier alpha value is -2.17.